The van der Waals surface area contributed by atoms with Crippen molar-refractivity contribution >= 4 is 5.69 Å². The third-order valence-corrected chi connectivity index (χ3v) is 2.61. The molecule has 1 aromatic carbocycles. The number of anilines is 1. The standard InChI is InChI=1S/C14H16N2O/c1-11-2-3-13(8-15-11)9-16-14-6-4-12(10-17)5-7-14/h2-8,16-17H,9-10H2,1H3. The second-order valence-electron chi connectivity index (χ2n) is 4.02. The SMILES string of the molecule is Cc1ccc(CNc2ccc(CO)cc2)cn1. The maximum absolute atomic E-state index is 8.93. The summed E-state index contributed by atoms with van der Waals surface area (Å²) in [7, 11) is 0. The van der Waals surface area contributed by atoms with Crippen LogP contribution in [-0.4, -0.2) is 10.1 Å². The highest BCUT2D eigenvalue weighted by atomic mass is 16.3. The molecule has 0 saturated heterocycles. The quantitative estimate of drug-likeness (QED) is 0.845. The zero-order valence-corrected chi connectivity index (χ0v) is 9.85. The highest BCUT2D eigenvalue weighted by molar-refractivity contribution is 5.44. The van der Waals surface area contributed by atoms with Crippen molar-refractivity contribution in [3.8, 4) is 0 Å². The average molecular weight is 228 g/mol. The Hall–Kier alpha value is -1.87. The summed E-state index contributed by atoms with van der Waals surface area (Å²) < 4.78 is 0. The van der Waals surface area contributed by atoms with Crippen LogP contribution in [0.4, 0.5) is 5.69 Å². The van der Waals surface area contributed by atoms with Crippen LogP contribution in [0, 0.1) is 6.92 Å². The summed E-state index contributed by atoms with van der Waals surface area (Å²) in [5.41, 5.74) is 4.15. The molecular weight excluding hydrogens is 212 g/mol. The maximum atomic E-state index is 8.93. The van der Waals surface area contributed by atoms with Gasteiger partial charge in [0.15, 0.2) is 0 Å². The zero-order chi connectivity index (χ0) is 12.1. The normalized spacial score (nSPS) is 10.2. The number of aliphatic hydroxyl groups excluding tert-OH is 1. The summed E-state index contributed by atoms with van der Waals surface area (Å²) in [6, 6.07) is 11.8. The predicted molar refractivity (Wildman–Crippen MR) is 68.7 cm³/mol. The Kier molecular flexibility index (Phi) is 3.73. The van der Waals surface area contributed by atoms with Gasteiger partial charge in [0.25, 0.3) is 0 Å². The Bertz CT molecular complexity index is 463. The molecule has 1 heterocycles. The molecule has 0 spiro atoms. The van der Waals surface area contributed by atoms with E-state index in [1.54, 1.807) is 0 Å². The van der Waals surface area contributed by atoms with Gasteiger partial charge in [-0.3, -0.25) is 4.98 Å². The molecule has 17 heavy (non-hydrogen) atoms. The Morgan fingerprint density at radius 2 is 1.76 bits per heavy atom. The molecule has 0 aliphatic rings. The largest absolute Gasteiger partial charge is 0.392 e. The van der Waals surface area contributed by atoms with Gasteiger partial charge in [-0.25, -0.2) is 0 Å². The minimum atomic E-state index is 0.0855. The first kappa shape index (κ1) is 11.6. The van der Waals surface area contributed by atoms with Gasteiger partial charge in [0, 0.05) is 24.1 Å². The number of nitrogens with one attached hydrogen (secondary N) is 1. The molecule has 0 radical (unpaired) electrons. The third kappa shape index (κ3) is 3.29. The molecule has 0 aliphatic heterocycles. The van der Waals surface area contributed by atoms with Gasteiger partial charge in [-0.2, -0.15) is 0 Å². The summed E-state index contributed by atoms with van der Waals surface area (Å²) in [5.74, 6) is 0. The van der Waals surface area contributed by atoms with Crippen molar-refractivity contribution in [2.75, 3.05) is 5.32 Å². The third-order valence-electron chi connectivity index (χ3n) is 2.61. The topological polar surface area (TPSA) is 45.1 Å². The molecule has 0 atom stereocenters. The van der Waals surface area contributed by atoms with Gasteiger partial charge in [0.2, 0.25) is 0 Å². The molecule has 0 aliphatic carbocycles. The number of aliphatic hydroxyl groups is 1. The zero-order valence-electron chi connectivity index (χ0n) is 9.85. The molecule has 0 unspecified atom stereocenters. The molecule has 2 rings (SSSR count). The fraction of sp³-hybridized carbons (Fsp3) is 0.214. The molecule has 2 N–H and O–H groups in total. The molecule has 3 heteroatoms. The summed E-state index contributed by atoms with van der Waals surface area (Å²) in [5, 5.41) is 12.2. The van der Waals surface area contributed by atoms with Crippen molar-refractivity contribution in [2.24, 2.45) is 0 Å². The van der Waals surface area contributed by atoms with Crippen LogP contribution in [0.15, 0.2) is 42.6 Å². The van der Waals surface area contributed by atoms with Gasteiger partial charge in [-0.05, 0) is 36.2 Å². The van der Waals surface area contributed by atoms with Gasteiger partial charge in [0.05, 0.1) is 6.61 Å². The lowest BCUT2D eigenvalue weighted by Crippen LogP contribution is -2.00. The van der Waals surface area contributed by atoms with Crippen LogP contribution in [0.5, 0.6) is 0 Å². The van der Waals surface area contributed by atoms with Gasteiger partial charge in [-0.15, -0.1) is 0 Å². The lowest BCUT2D eigenvalue weighted by molar-refractivity contribution is 0.282. The predicted octanol–water partition coefficient (Wildman–Crippen LogP) is 2.49. The van der Waals surface area contributed by atoms with E-state index in [2.05, 4.69) is 16.4 Å². The molecule has 0 bridgehead atoms. The molecule has 1 aromatic heterocycles. The second-order valence-corrected chi connectivity index (χ2v) is 4.02. The van der Waals surface area contributed by atoms with Crippen LogP contribution in [0.2, 0.25) is 0 Å². The van der Waals surface area contributed by atoms with Crippen LogP contribution < -0.4 is 5.32 Å². The molecule has 2 aromatic rings. The van der Waals surface area contributed by atoms with Crippen LogP contribution >= 0.6 is 0 Å². The molecular formula is C14H16N2O. The van der Waals surface area contributed by atoms with Crippen LogP contribution in [0.25, 0.3) is 0 Å². The van der Waals surface area contributed by atoms with E-state index < -0.39 is 0 Å². The number of rotatable bonds is 4. The van der Waals surface area contributed by atoms with E-state index in [4.69, 9.17) is 5.11 Å². The van der Waals surface area contributed by atoms with Crippen LogP contribution in [-0.2, 0) is 13.2 Å². The highest BCUT2D eigenvalue weighted by Gasteiger charge is 1.95. The van der Waals surface area contributed by atoms with E-state index in [1.165, 1.54) is 0 Å². The van der Waals surface area contributed by atoms with Crippen molar-refractivity contribution in [3.05, 3.63) is 59.4 Å². The lowest BCUT2D eigenvalue weighted by Gasteiger charge is -2.07. The van der Waals surface area contributed by atoms with E-state index in [0.29, 0.717) is 0 Å². The fourth-order valence-electron chi connectivity index (χ4n) is 1.54. The molecule has 0 saturated carbocycles. The molecule has 0 fully saturated rings. The Morgan fingerprint density at radius 3 is 2.35 bits per heavy atom. The molecule has 88 valence electrons. The van der Waals surface area contributed by atoms with E-state index in [1.807, 2.05) is 43.5 Å². The Labute approximate surface area is 101 Å². The first-order chi connectivity index (χ1) is 8.28. The van der Waals surface area contributed by atoms with Crippen molar-refractivity contribution in [2.45, 2.75) is 20.1 Å². The van der Waals surface area contributed by atoms with Gasteiger partial charge >= 0.3 is 0 Å². The summed E-state index contributed by atoms with van der Waals surface area (Å²) in [4.78, 5) is 4.25. The van der Waals surface area contributed by atoms with E-state index in [-0.39, 0.29) is 6.61 Å². The van der Waals surface area contributed by atoms with E-state index in [9.17, 15) is 0 Å². The van der Waals surface area contributed by atoms with E-state index in [0.717, 1.165) is 29.1 Å². The number of pyridine rings is 1. The second kappa shape index (κ2) is 5.46. The van der Waals surface area contributed by atoms with Crippen LogP contribution in [0.3, 0.4) is 0 Å². The molecule has 3 nitrogen and oxygen atoms in total. The first-order valence-corrected chi connectivity index (χ1v) is 5.63. The average Bonchev–Trinajstić information content (AvgIpc) is 2.39. The van der Waals surface area contributed by atoms with Gasteiger partial charge in [0.1, 0.15) is 0 Å². The molecule has 0 amide bonds. The van der Waals surface area contributed by atoms with Crippen molar-refractivity contribution in [1.29, 1.82) is 0 Å². The number of aryl methyl sites for hydroxylation is 1. The number of benzene rings is 1. The Morgan fingerprint density at radius 1 is 1.06 bits per heavy atom. The van der Waals surface area contributed by atoms with Crippen molar-refractivity contribution < 1.29 is 5.11 Å². The summed E-state index contributed by atoms with van der Waals surface area (Å²) >= 11 is 0. The minimum Gasteiger partial charge on any atom is -0.392 e. The summed E-state index contributed by atoms with van der Waals surface area (Å²) in [6.45, 7) is 2.82. The van der Waals surface area contributed by atoms with Crippen molar-refractivity contribution in [1.82, 2.24) is 4.98 Å². The number of aromatic nitrogens is 1. The van der Waals surface area contributed by atoms with Crippen LogP contribution in [0.1, 0.15) is 16.8 Å². The lowest BCUT2D eigenvalue weighted by atomic mass is 10.2. The highest BCUT2D eigenvalue weighted by Crippen LogP contribution is 2.11. The fourth-order valence-corrected chi connectivity index (χ4v) is 1.54. The van der Waals surface area contributed by atoms with Crippen molar-refractivity contribution in [3.63, 3.8) is 0 Å². The maximum Gasteiger partial charge on any atom is 0.0681 e. The number of nitrogens with zero attached hydrogens (tertiary/aromatic N) is 1. The monoisotopic (exact) mass is 228 g/mol. The summed E-state index contributed by atoms with van der Waals surface area (Å²) in [6.07, 6.45) is 1.88. The Balaban J connectivity index is 1.95. The first-order valence-electron chi connectivity index (χ1n) is 5.63. The number of hydrogen-bond acceptors (Lipinski definition) is 3. The smallest absolute Gasteiger partial charge is 0.0681 e. The minimum absolute atomic E-state index is 0.0855. The van der Waals surface area contributed by atoms with Gasteiger partial charge in [-0.1, -0.05) is 18.2 Å². The van der Waals surface area contributed by atoms with Gasteiger partial charge < -0.3 is 10.4 Å². The van der Waals surface area contributed by atoms with E-state index >= 15 is 0 Å². The number of hydrogen-bond donors (Lipinski definition) is 2.